The van der Waals surface area contributed by atoms with E-state index in [0.29, 0.717) is 0 Å². The van der Waals surface area contributed by atoms with E-state index in [1.165, 1.54) is 17.2 Å². The normalized spacial score (nSPS) is 10.8. The van der Waals surface area contributed by atoms with Crippen molar-refractivity contribution in [2.24, 2.45) is 7.05 Å². The van der Waals surface area contributed by atoms with Crippen LogP contribution in [-0.2, 0) is 20.0 Å². The summed E-state index contributed by atoms with van der Waals surface area (Å²) in [5.74, 6) is 1.42. The summed E-state index contributed by atoms with van der Waals surface area (Å²) < 4.78 is 4.67. The Bertz CT molecular complexity index is 257. The lowest BCUT2D eigenvalue weighted by molar-refractivity contribution is -0.706. The van der Waals surface area contributed by atoms with Crippen LogP contribution in [0.25, 0.3) is 0 Å². The van der Waals surface area contributed by atoms with Crippen LogP contribution in [-0.4, -0.2) is 4.57 Å². The van der Waals surface area contributed by atoms with E-state index in [-0.39, 0.29) is 0 Å². The topological polar surface area (TPSA) is 8.81 Å². The van der Waals surface area contributed by atoms with E-state index in [1.807, 2.05) is 0 Å². The molecule has 0 unspecified atom stereocenters. The zero-order chi connectivity index (χ0) is 9.30. The molecule has 0 saturated heterocycles. The van der Waals surface area contributed by atoms with Crippen LogP contribution in [0, 0.1) is 13.8 Å². The fourth-order valence-corrected chi connectivity index (χ4v) is 1.85. The van der Waals surface area contributed by atoms with Gasteiger partial charge >= 0.3 is 0 Å². The largest absolute Gasteiger partial charge is 0.256 e. The third-order valence-corrected chi connectivity index (χ3v) is 2.76. The second-order valence-electron chi connectivity index (χ2n) is 3.24. The number of rotatable bonds is 2. The van der Waals surface area contributed by atoms with E-state index in [9.17, 15) is 0 Å². The second kappa shape index (κ2) is 3.30. The van der Waals surface area contributed by atoms with Gasteiger partial charge < -0.3 is 0 Å². The minimum absolute atomic E-state index is 1.08. The number of aromatic nitrogens is 2. The van der Waals surface area contributed by atoms with Gasteiger partial charge in [-0.2, -0.15) is 0 Å². The lowest BCUT2D eigenvalue weighted by Gasteiger charge is -1.96. The monoisotopic (exact) mass is 167 g/mol. The zero-order valence-corrected chi connectivity index (χ0v) is 8.81. The highest BCUT2D eigenvalue weighted by Crippen LogP contribution is 2.06. The highest BCUT2D eigenvalue weighted by Gasteiger charge is 2.19. The molecule has 0 aliphatic rings. The van der Waals surface area contributed by atoms with Gasteiger partial charge in [-0.15, -0.1) is 0 Å². The summed E-state index contributed by atoms with van der Waals surface area (Å²) >= 11 is 0. The van der Waals surface area contributed by atoms with E-state index in [4.69, 9.17) is 0 Å². The molecule has 0 aromatic carbocycles. The zero-order valence-electron chi connectivity index (χ0n) is 8.81. The summed E-state index contributed by atoms with van der Waals surface area (Å²) in [4.78, 5) is 0. The maximum Gasteiger partial charge on any atom is 0.256 e. The highest BCUT2D eigenvalue weighted by atomic mass is 15.2. The quantitative estimate of drug-likeness (QED) is 0.590. The highest BCUT2D eigenvalue weighted by molar-refractivity contribution is 5.06. The maximum atomic E-state index is 2.38. The minimum Gasteiger partial charge on any atom is -0.234 e. The van der Waals surface area contributed by atoms with Gasteiger partial charge in [0, 0.05) is 20.3 Å². The Balaban J connectivity index is 3.34. The van der Waals surface area contributed by atoms with Crippen molar-refractivity contribution in [2.45, 2.75) is 40.7 Å². The van der Waals surface area contributed by atoms with Crippen molar-refractivity contribution in [3.8, 4) is 0 Å². The average molecular weight is 167 g/mol. The summed E-state index contributed by atoms with van der Waals surface area (Å²) in [6, 6.07) is 0. The average Bonchev–Trinajstić information content (AvgIpc) is 2.29. The molecular weight excluding hydrogens is 148 g/mol. The van der Waals surface area contributed by atoms with Gasteiger partial charge in [0.1, 0.15) is 11.4 Å². The van der Waals surface area contributed by atoms with Gasteiger partial charge in [-0.05, 0) is 6.92 Å². The summed E-state index contributed by atoms with van der Waals surface area (Å²) in [5, 5.41) is 0. The van der Waals surface area contributed by atoms with Crippen LogP contribution in [0.5, 0.6) is 0 Å². The molecule has 1 rings (SSSR count). The van der Waals surface area contributed by atoms with E-state index in [1.54, 1.807) is 0 Å². The number of imidazole rings is 1. The van der Waals surface area contributed by atoms with Crippen LogP contribution >= 0.6 is 0 Å². The first kappa shape index (κ1) is 9.30. The van der Waals surface area contributed by atoms with Gasteiger partial charge in [0.2, 0.25) is 0 Å². The van der Waals surface area contributed by atoms with Crippen LogP contribution < -0.4 is 4.57 Å². The molecule has 0 N–H and O–H groups in total. The smallest absolute Gasteiger partial charge is 0.234 e. The fraction of sp³-hybridized carbons (Fsp3) is 0.700. The molecule has 1 heterocycles. The Labute approximate surface area is 74.8 Å². The van der Waals surface area contributed by atoms with Gasteiger partial charge in [-0.1, -0.05) is 6.92 Å². The summed E-state index contributed by atoms with van der Waals surface area (Å²) in [6.07, 6.45) is 1.11. The van der Waals surface area contributed by atoms with Gasteiger partial charge in [-0.25, -0.2) is 9.13 Å². The first-order valence-corrected chi connectivity index (χ1v) is 4.68. The SMILES string of the molecule is CCc1n(C)c(C)c(C)[n+]1CC. The van der Waals surface area contributed by atoms with Crippen molar-refractivity contribution in [1.82, 2.24) is 4.57 Å². The first-order valence-electron chi connectivity index (χ1n) is 4.68. The molecular formula is C10H19N2+. The molecule has 0 atom stereocenters. The van der Waals surface area contributed by atoms with Crippen molar-refractivity contribution in [3.05, 3.63) is 17.2 Å². The number of hydrogen-bond acceptors (Lipinski definition) is 0. The summed E-state index contributed by atoms with van der Waals surface area (Å²) in [6.45, 7) is 9.86. The Morgan fingerprint density at radius 1 is 1.25 bits per heavy atom. The van der Waals surface area contributed by atoms with E-state index in [2.05, 4.69) is 43.9 Å². The van der Waals surface area contributed by atoms with Gasteiger partial charge in [0.05, 0.1) is 13.6 Å². The Morgan fingerprint density at radius 2 is 1.83 bits per heavy atom. The molecule has 68 valence electrons. The molecule has 1 aromatic rings. The van der Waals surface area contributed by atoms with Crippen molar-refractivity contribution in [2.75, 3.05) is 0 Å². The molecule has 2 nitrogen and oxygen atoms in total. The molecule has 0 amide bonds. The molecule has 0 spiro atoms. The van der Waals surface area contributed by atoms with E-state index < -0.39 is 0 Å². The van der Waals surface area contributed by atoms with Crippen LogP contribution in [0.15, 0.2) is 0 Å². The lowest BCUT2D eigenvalue weighted by atomic mass is 10.4. The molecule has 0 fully saturated rings. The molecule has 0 saturated carbocycles. The molecule has 12 heavy (non-hydrogen) atoms. The van der Waals surface area contributed by atoms with E-state index >= 15 is 0 Å². The minimum atomic E-state index is 1.08. The van der Waals surface area contributed by atoms with Crippen molar-refractivity contribution < 1.29 is 4.57 Å². The lowest BCUT2D eigenvalue weighted by Crippen LogP contribution is -2.38. The third-order valence-electron chi connectivity index (χ3n) is 2.76. The molecule has 0 bridgehead atoms. The van der Waals surface area contributed by atoms with Crippen LogP contribution in [0.4, 0.5) is 0 Å². The Kier molecular flexibility index (Phi) is 2.55. The van der Waals surface area contributed by atoms with Crippen molar-refractivity contribution in [3.63, 3.8) is 0 Å². The van der Waals surface area contributed by atoms with Gasteiger partial charge in [-0.3, -0.25) is 0 Å². The first-order chi connectivity index (χ1) is 5.63. The Morgan fingerprint density at radius 3 is 2.17 bits per heavy atom. The summed E-state index contributed by atoms with van der Waals surface area (Å²) in [5.41, 5.74) is 2.78. The maximum absolute atomic E-state index is 2.38. The van der Waals surface area contributed by atoms with Gasteiger partial charge in [0.15, 0.2) is 0 Å². The Hall–Kier alpha value is -0.790. The number of nitrogens with zero attached hydrogens (tertiary/aromatic N) is 2. The van der Waals surface area contributed by atoms with Crippen molar-refractivity contribution in [1.29, 1.82) is 0 Å². The standard InChI is InChI=1S/C10H19N2/c1-6-10-11(5)8(3)9(4)12(10)7-2/h6-7H2,1-5H3/q+1. The molecule has 1 aromatic heterocycles. The molecule has 2 heteroatoms. The van der Waals surface area contributed by atoms with Gasteiger partial charge in [0.25, 0.3) is 5.82 Å². The number of hydrogen-bond donors (Lipinski definition) is 0. The van der Waals surface area contributed by atoms with Crippen LogP contribution in [0.2, 0.25) is 0 Å². The van der Waals surface area contributed by atoms with Crippen LogP contribution in [0.1, 0.15) is 31.1 Å². The predicted molar refractivity (Wildman–Crippen MR) is 50.1 cm³/mol. The second-order valence-corrected chi connectivity index (χ2v) is 3.24. The van der Waals surface area contributed by atoms with E-state index in [0.717, 1.165) is 13.0 Å². The van der Waals surface area contributed by atoms with Crippen molar-refractivity contribution >= 4 is 0 Å². The molecule has 0 aliphatic heterocycles. The molecule has 0 radical (unpaired) electrons. The summed E-state index contributed by atoms with van der Waals surface area (Å²) in [7, 11) is 2.15. The third kappa shape index (κ3) is 1.15. The van der Waals surface area contributed by atoms with Crippen LogP contribution in [0.3, 0.4) is 0 Å². The fourth-order valence-electron chi connectivity index (χ4n) is 1.85. The molecule has 0 aliphatic carbocycles. The predicted octanol–water partition coefficient (Wildman–Crippen LogP) is 1.51.